The summed E-state index contributed by atoms with van der Waals surface area (Å²) in [5.74, 6) is 0.258. The summed E-state index contributed by atoms with van der Waals surface area (Å²) in [4.78, 5) is 22.9. The number of carbonyl (C=O) groups excluding carboxylic acids is 1. The highest BCUT2D eigenvalue weighted by atomic mass is 17.2. The predicted molar refractivity (Wildman–Crippen MR) is 74.0 cm³/mol. The Morgan fingerprint density at radius 3 is 2.37 bits per heavy atom. The molecule has 0 heterocycles. The highest BCUT2D eigenvalue weighted by Gasteiger charge is 2.21. The fraction of sp³-hybridized carbons (Fsp3) is 0.312. The van der Waals surface area contributed by atoms with Gasteiger partial charge in [0.25, 0.3) is 0 Å². The summed E-state index contributed by atoms with van der Waals surface area (Å²) in [5.41, 5.74) is 0.108. The topological polar surface area (TPSA) is 35.5 Å². The first-order valence-corrected chi connectivity index (χ1v) is 6.31. The van der Waals surface area contributed by atoms with Gasteiger partial charge in [-0.1, -0.05) is 36.4 Å². The molecule has 0 spiro atoms. The SMILES string of the molecule is CC(C)(C)OOc1ccccc1C(=O)C1C=CC=C1. The van der Waals surface area contributed by atoms with Gasteiger partial charge in [-0.25, -0.2) is 0 Å². The smallest absolute Gasteiger partial charge is 0.177 e. The molecule has 0 radical (unpaired) electrons. The van der Waals surface area contributed by atoms with E-state index in [1.165, 1.54) is 0 Å². The van der Waals surface area contributed by atoms with Crippen molar-refractivity contribution in [1.82, 2.24) is 0 Å². The maximum absolute atomic E-state index is 12.4. The highest BCUT2D eigenvalue weighted by molar-refractivity contribution is 6.02. The second-order valence-electron chi connectivity index (χ2n) is 5.44. The average molecular weight is 258 g/mol. The summed E-state index contributed by atoms with van der Waals surface area (Å²) in [6.45, 7) is 5.67. The number of ketones is 1. The van der Waals surface area contributed by atoms with E-state index in [4.69, 9.17) is 9.78 Å². The first kappa shape index (κ1) is 13.6. The van der Waals surface area contributed by atoms with Crippen molar-refractivity contribution in [2.75, 3.05) is 0 Å². The molecule has 0 saturated carbocycles. The van der Waals surface area contributed by atoms with Crippen molar-refractivity contribution in [2.24, 2.45) is 5.92 Å². The van der Waals surface area contributed by atoms with E-state index in [1.807, 2.05) is 57.2 Å². The number of rotatable bonds is 4. The van der Waals surface area contributed by atoms with E-state index in [1.54, 1.807) is 12.1 Å². The fourth-order valence-corrected chi connectivity index (χ4v) is 1.70. The van der Waals surface area contributed by atoms with E-state index >= 15 is 0 Å². The Morgan fingerprint density at radius 1 is 1.11 bits per heavy atom. The Morgan fingerprint density at radius 2 is 1.74 bits per heavy atom. The molecule has 19 heavy (non-hydrogen) atoms. The van der Waals surface area contributed by atoms with E-state index in [0.29, 0.717) is 11.3 Å². The van der Waals surface area contributed by atoms with Crippen molar-refractivity contribution < 1.29 is 14.6 Å². The van der Waals surface area contributed by atoms with Gasteiger partial charge in [0.05, 0.1) is 11.5 Å². The third kappa shape index (κ3) is 3.55. The zero-order chi connectivity index (χ0) is 13.9. The molecular formula is C16H18O3. The standard InChI is InChI=1S/C16H18O3/c1-16(2,3)19-18-14-11-7-6-10-13(14)15(17)12-8-4-5-9-12/h4-12H,1-3H3. The van der Waals surface area contributed by atoms with Gasteiger partial charge in [0.1, 0.15) is 5.60 Å². The van der Waals surface area contributed by atoms with Gasteiger partial charge in [-0.05, 0) is 32.9 Å². The lowest BCUT2D eigenvalue weighted by Crippen LogP contribution is -2.22. The van der Waals surface area contributed by atoms with Gasteiger partial charge in [0.15, 0.2) is 11.5 Å². The Balaban J connectivity index is 2.18. The van der Waals surface area contributed by atoms with E-state index in [-0.39, 0.29) is 11.7 Å². The molecule has 2 rings (SSSR count). The van der Waals surface area contributed by atoms with Crippen LogP contribution in [-0.2, 0) is 4.89 Å². The van der Waals surface area contributed by atoms with Gasteiger partial charge in [0, 0.05) is 0 Å². The van der Waals surface area contributed by atoms with Crippen molar-refractivity contribution in [3.8, 4) is 5.75 Å². The molecule has 3 heteroatoms. The molecule has 0 atom stereocenters. The number of para-hydroxylation sites is 1. The molecule has 0 N–H and O–H groups in total. The Kier molecular flexibility index (Phi) is 3.86. The van der Waals surface area contributed by atoms with Crippen LogP contribution in [0.1, 0.15) is 31.1 Å². The minimum Gasteiger partial charge on any atom is -0.336 e. The predicted octanol–water partition coefficient (Wildman–Crippen LogP) is 3.72. The van der Waals surface area contributed by atoms with Crippen molar-refractivity contribution in [3.05, 3.63) is 54.1 Å². The first-order valence-electron chi connectivity index (χ1n) is 6.31. The lowest BCUT2D eigenvalue weighted by Gasteiger charge is -2.19. The van der Waals surface area contributed by atoms with Crippen LogP contribution in [0.15, 0.2) is 48.6 Å². The molecule has 100 valence electrons. The largest absolute Gasteiger partial charge is 0.336 e. The van der Waals surface area contributed by atoms with E-state index in [9.17, 15) is 4.79 Å². The second kappa shape index (κ2) is 5.41. The molecule has 1 aromatic carbocycles. The van der Waals surface area contributed by atoms with Gasteiger partial charge in [-0.3, -0.25) is 4.79 Å². The van der Waals surface area contributed by atoms with Crippen LogP contribution < -0.4 is 4.89 Å². The van der Waals surface area contributed by atoms with Crippen LogP contribution in [0.2, 0.25) is 0 Å². The van der Waals surface area contributed by atoms with Crippen LogP contribution in [-0.4, -0.2) is 11.4 Å². The van der Waals surface area contributed by atoms with Gasteiger partial charge in [-0.2, -0.15) is 4.89 Å². The zero-order valence-corrected chi connectivity index (χ0v) is 11.4. The van der Waals surface area contributed by atoms with E-state index in [0.717, 1.165) is 0 Å². The van der Waals surface area contributed by atoms with Gasteiger partial charge >= 0.3 is 0 Å². The molecule has 3 nitrogen and oxygen atoms in total. The van der Waals surface area contributed by atoms with Crippen molar-refractivity contribution in [3.63, 3.8) is 0 Å². The number of Topliss-reactive ketones (excluding diaryl/α,β-unsaturated/α-hetero) is 1. The van der Waals surface area contributed by atoms with Gasteiger partial charge in [0.2, 0.25) is 0 Å². The van der Waals surface area contributed by atoms with Crippen molar-refractivity contribution in [1.29, 1.82) is 0 Å². The van der Waals surface area contributed by atoms with E-state index < -0.39 is 5.60 Å². The molecule has 0 saturated heterocycles. The summed E-state index contributed by atoms with van der Waals surface area (Å²) in [6.07, 6.45) is 7.48. The Hall–Kier alpha value is -1.87. The summed E-state index contributed by atoms with van der Waals surface area (Å²) in [5, 5.41) is 0. The minimum atomic E-state index is -0.427. The minimum absolute atomic E-state index is 0.0121. The third-order valence-corrected chi connectivity index (χ3v) is 2.58. The number of allylic oxidation sites excluding steroid dienone is 4. The van der Waals surface area contributed by atoms with Crippen molar-refractivity contribution >= 4 is 5.78 Å². The number of carbonyl (C=O) groups is 1. The summed E-state index contributed by atoms with van der Waals surface area (Å²) in [6, 6.07) is 7.13. The molecule has 1 aromatic rings. The maximum atomic E-state index is 12.4. The molecule has 0 fully saturated rings. The van der Waals surface area contributed by atoms with E-state index in [2.05, 4.69) is 0 Å². The molecule has 0 unspecified atom stereocenters. The highest BCUT2D eigenvalue weighted by Crippen LogP contribution is 2.25. The number of hydrogen-bond acceptors (Lipinski definition) is 3. The maximum Gasteiger partial charge on any atom is 0.177 e. The molecule has 0 amide bonds. The molecule has 1 aliphatic carbocycles. The van der Waals surface area contributed by atoms with Crippen LogP contribution in [0.4, 0.5) is 0 Å². The lowest BCUT2D eigenvalue weighted by atomic mass is 9.98. The summed E-state index contributed by atoms with van der Waals surface area (Å²) >= 11 is 0. The fourth-order valence-electron chi connectivity index (χ4n) is 1.70. The summed E-state index contributed by atoms with van der Waals surface area (Å²) in [7, 11) is 0. The van der Waals surface area contributed by atoms with Crippen LogP contribution in [0, 0.1) is 5.92 Å². The Bertz CT molecular complexity index is 509. The zero-order valence-electron chi connectivity index (χ0n) is 11.4. The quantitative estimate of drug-likeness (QED) is 0.469. The van der Waals surface area contributed by atoms with Crippen LogP contribution in [0.5, 0.6) is 5.75 Å². The second-order valence-corrected chi connectivity index (χ2v) is 5.44. The number of hydrogen-bond donors (Lipinski definition) is 0. The molecule has 1 aliphatic rings. The molecule has 0 bridgehead atoms. The normalized spacial score (nSPS) is 14.9. The lowest BCUT2D eigenvalue weighted by molar-refractivity contribution is -0.274. The summed E-state index contributed by atoms with van der Waals surface area (Å²) < 4.78 is 0. The van der Waals surface area contributed by atoms with Crippen LogP contribution >= 0.6 is 0 Å². The number of benzene rings is 1. The van der Waals surface area contributed by atoms with Crippen LogP contribution in [0.25, 0.3) is 0 Å². The van der Waals surface area contributed by atoms with Crippen LogP contribution in [0.3, 0.4) is 0 Å². The third-order valence-electron chi connectivity index (χ3n) is 2.58. The monoisotopic (exact) mass is 258 g/mol. The molecular weight excluding hydrogens is 240 g/mol. The van der Waals surface area contributed by atoms with Gasteiger partial charge < -0.3 is 4.89 Å². The van der Waals surface area contributed by atoms with Gasteiger partial charge in [-0.15, -0.1) is 0 Å². The first-order chi connectivity index (χ1) is 8.97. The Labute approximate surface area is 113 Å². The molecule has 0 aromatic heterocycles. The molecule has 0 aliphatic heterocycles. The average Bonchev–Trinajstić information content (AvgIpc) is 2.89. The van der Waals surface area contributed by atoms with Crippen molar-refractivity contribution in [2.45, 2.75) is 26.4 Å².